The standard InChI is InChI=1S/C14H13N5OS/c15-7-13-18-12(8-21-13)14(20)17-10-3-1-2-9(6-10)11-4-5-16-19-11/h1-6,8H,7,15H2,(H,16,19)(H,17,20). The van der Waals surface area contributed by atoms with E-state index in [4.69, 9.17) is 5.73 Å². The van der Waals surface area contributed by atoms with Crippen molar-refractivity contribution in [2.75, 3.05) is 5.32 Å². The van der Waals surface area contributed by atoms with Crippen LogP contribution in [0.5, 0.6) is 0 Å². The number of aromatic nitrogens is 3. The number of hydrogen-bond donors (Lipinski definition) is 3. The molecule has 4 N–H and O–H groups in total. The third-order valence-electron chi connectivity index (χ3n) is 2.89. The van der Waals surface area contributed by atoms with E-state index in [0.29, 0.717) is 17.9 Å². The SMILES string of the molecule is NCc1nc(C(=O)Nc2cccc(-c3ccn[nH]3)c2)cs1. The van der Waals surface area contributed by atoms with E-state index in [-0.39, 0.29) is 5.91 Å². The Morgan fingerprint density at radius 2 is 2.29 bits per heavy atom. The highest BCUT2D eigenvalue weighted by molar-refractivity contribution is 7.09. The van der Waals surface area contributed by atoms with Crippen LogP contribution < -0.4 is 11.1 Å². The summed E-state index contributed by atoms with van der Waals surface area (Å²) >= 11 is 1.38. The Bertz CT molecular complexity index is 750. The van der Waals surface area contributed by atoms with Crippen LogP contribution in [0.3, 0.4) is 0 Å². The molecule has 1 aromatic carbocycles. The number of amides is 1. The molecule has 0 unspecified atom stereocenters. The number of rotatable bonds is 4. The second-order valence-corrected chi connectivity index (χ2v) is 5.28. The largest absolute Gasteiger partial charge is 0.325 e. The number of nitrogens with two attached hydrogens (primary N) is 1. The van der Waals surface area contributed by atoms with Crippen LogP contribution in [0.1, 0.15) is 15.5 Å². The molecule has 0 atom stereocenters. The van der Waals surface area contributed by atoms with Crippen molar-refractivity contribution in [2.24, 2.45) is 5.73 Å². The van der Waals surface area contributed by atoms with Crippen molar-refractivity contribution in [3.63, 3.8) is 0 Å². The van der Waals surface area contributed by atoms with Crippen molar-refractivity contribution >= 4 is 22.9 Å². The molecule has 0 saturated carbocycles. The Hall–Kier alpha value is -2.51. The number of nitrogens with zero attached hydrogens (tertiary/aromatic N) is 2. The summed E-state index contributed by atoms with van der Waals surface area (Å²) < 4.78 is 0. The van der Waals surface area contributed by atoms with E-state index in [1.807, 2.05) is 30.3 Å². The van der Waals surface area contributed by atoms with Crippen molar-refractivity contribution in [3.8, 4) is 11.3 Å². The molecule has 6 nitrogen and oxygen atoms in total. The summed E-state index contributed by atoms with van der Waals surface area (Å²) in [6.07, 6.45) is 1.68. The second-order valence-electron chi connectivity index (χ2n) is 4.34. The smallest absolute Gasteiger partial charge is 0.275 e. The van der Waals surface area contributed by atoms with Gasteiger partial charge in [-0.25, -0.2) is 4.98 Å². The summed E-state index contributed by atoms with van der Waals surface area (Å²) in [6, 6.07) is 9.39. The zero-order valence-corrected chi connectivity index (χ0v) is 11.9. The zero-order valence-electron chi connectivity index (χ0n) is 11.0. The number of aromatic amines is 1. The Morgan fingerprint density at radius 3 is 3.00 bits per heavy atom. The fourth-order valence-electron chi connectivity index (χ4n) is 1.89. The molecule has 0 spiro atoms. The van der Waals surface area contributed by atoms with Gasteiger partial charge in [0.15, 0.2) is 0 Å². The van der Waals surface area contributed by atoms with Crippen LogP contribution in [-0.4, -0.2) is 21.1 Å². The lowest BCUT2D eigenvalue weighted by Gasteiger charge is -2.05. The number of nitrogens with one attached hydrogen (secondary N) is 2. The molecule has 0 radical (unpaired) electrons. The van der Waals surface area contributed by atoms with Crippen LogP contribution in [0.15, 0.2) is 41.9 Å². The molecule has 3 aromatic rings. The Labute approximate surface area is 125 Å². The van der Waals surface area contributed by atoms with Gasteiger partial charge >= 0.3 is 0 Å². The first-order valence-corrected chi connectivity index (χ1v) is 7.20. The summed E-state index contributed by atoms with van der Waals surface area (Å²) in [5.41, 5.74) is 8.43. The molecule has 2 aromatic heterocycles. The van der Waals surface area contributed by atoms with E-state index in [9.17, 15) is 4.79 Å². The fraction of sp³-hybridized carbons (Fsp3) is 0.0714. The van der Waals surface area contributed by atoms with Crippen molar-refractivity contribution < 1.29 is 4.79 Å². The number of anilines is 1. The lowest BCUT2D eigenvalue weighted by atomic mass is 10.1. The van der Waals surface area contributed by atoms with Gasteiger partial charge in [0.2, 0.25) is 0 Å². The molecule has 0 fully saturated rings. The summed E-state index contributed by atoms with van der Waals surface area (Å²) in [5, 5.41) is 12.1. The monoisotopic (exact) mass is 299 g/mol. The summed E-state index contributed by atoms with van der Waals surface area (Å²) in [7, 11) is 0. The van der Waals surface area contributed by atoms with Gasteiger partial charge in [0.1, 0.15) is 10.7 Å². The van der Waals surface area contributed by atoms with E-state index in [1.165, 1.54) is 11.3 Å². The van der Waals surface area contributed by atoms with E-state index >= 15 is 0 Å². The Balaban J connectivity index is 1.78. The van der Waals surface area contributed by atoms with E-state index in [0.717, 1.165) is 16.3 Å². The van der Waals surface area contributed by atoms with Gasteiger partial charge in [0.05, 0.1) is 5.69 Å². The second kappa shape index (κ2) is 5.86. The number of carbonyl (C=O) groups excluding carboxylic acids is 1. The fourth-order valence-corrected chi connectivity index (χ4v) is 2.54. The summed E-state index contributed by atoms with van der Waals surface area (Å²) in [5.74, 6) is -0.243. The molecule has 2 heterocycles. The van der Waals surface area contributed by atoms with Crippen LogP contribution >= 0.6 is 11.3 Å². The predicted molar refractivity (Wildman–Crippen MR) is 82.0 cm³/mol. The van der Waals surface area contributed by atoms with E-state index in [2.05, 4.69) is 20.5 Å². The summed E-state index contributed by atoms with van der Waals surface area (Å²) in [6.45, 7) is 0.341. The maximum absolute atomic E-state index is 12.1. The van der Waals surface area contributed by atoms with Crippen molar-refractivity contribution in [2.45, 2.75) is 6.54 Å². The maximum atomic E-state index is 12.1. The average Bonchev–Trinajstić information content (AvgIpc) is 3.19. The van der Waals surface area contributed by atoms with Crippen molar-refractivity contribution in [3.05, 3.63) is 52.6 Å². The van der Waals surface area contributed by atoms with Gasteiger partial charge in [-0.05, 0) is 18.2 Å². The summed E-state index contributed by atoms with van der Waals surface area (Å²) in [4.78, 5) is 16.3. The molecule has 1 amide bonds. The molecular formula is C14H13N5OS. The molecule has 106 valence electrons. The first kappa shape index (κ1) is 13.5. The molecule has 0 bridgehead atoms. The molecular weight excluding hydrogens is 286 g/mol. The minimum atomic E-state index is -0.243. The van der Waals surface area contributed by atoms with Crippen LogP contribution in [0.25, 0.3) is 11.3 Å². The minimum absolute atomic E-state index is 0.243. The van der Waals surface area contributed by atoms with Gasteiger partial charge in [-0.15, -0.1) is 11.3 Å². The third kappa shape index (κ3) is 2.99. The van der Waals surface area contributed by atoms with Gasteiger partial charge in [0.25, 0.3) is 5.91 Å². The Kier molecular flexibility index (Phi) is 3.76. The van der Waals surface area contributed by atoms with Gasteiger partial charge in [-0.2, -0.15) is 5.10 Å². The number of carbonyl (C=O) groups is 1. The number of H-pyrrole nitrogens is 1. The number of hydrogen-bond acceptors (Lipinski definition) is 5. The highest BCUT2D eigenvalue weighted by Gasteiger charge is 2.11. The predicted octanol–water partition coefficient (Wildman–Crippen LogP) is 2.24. The van der Waals surface area contributed by atoms with Gasteiger partial charge in [0, 0.05) is 29.4 Å². The van der Waals surface area contributed by atoms with Crippen molar-refractivity contribution in [1.29, 1.82) is 0 Å². The van der Waals surface area contributed by atoms with Gasteiger partial charge in [-0.1, -0.05) is 12.1 Å². The normalized spacial score (nSPS) is 10.5. The first-order valence-electron chi connectivity index (χ1n) is 6.32. The van der Waals surface area contributed by atoms with Gasteiger partial charge in [-0.3, -0.25) is 9.89 Å². The van der Waals surface area contributed by atoms with Crippen LogP contribution in [0, 0.1) is 0 Å². The highest BCUT2D eigenvalue weighted by atomic mass is 32.1. The third-order valence-corrected chi connectivity index (χ3v) is 3.76. The maximum Gasteiger partial charge on any atom is 0.275 e. The minimum Gasteiger partial charge on any atom is -0.325 e. The van der Waals surface area contributed by atoms with E-state index in [1.54, 1.807) is 11.6 Å². The Morgan fingerprint density at radius 1 is 1.38 bits per heavy atom. The first-order chi connectivity index (χ1) is 10.3. The molecule has 0 aliphatic heterocycles. The molecule has 0 aliphatic carbocycles. The average molecular weight is 299 g/mol. The molecule has 3 rings (SSSR count). The van der Waals surface area contributed by atoms with Crippen LogP contribution in [0.4, 0.5) is 5.69 Å². The molecule has 21 heavy (non-hydrogen) atoms. The lowest BCUT2D eigenvalue weighted by molar-refractivity contribution is 0.102. The van der Waals surface area contributed by atoms with Crippen LogP contribution in [-0.2, 0) is 6.54 Å². The van der Waals surface area contributed by atoms with Gasteiger partial charge < -0.3 is 11.1 Å². The highest BCUT2D eigenvalue weighted by Crippen LogP contribution is 2.21. The van der Waals surface area contributed by atoms with E-state index < -0.39 is 0 Å². The zero-order chi connectivity index (χ0) is 14.7. The molecule has 0 aliphatic rings. The number of benzene rings is 1. The molecule has 7 heteroatoms. The topological polar surface area (TPSA) is 96.7 Å². The van der Waals surface area contributed by atoms with Crippen molar-refractivity contribution in [1.82, 2.24) is 15.2 Å². The van der Waals surface area contributed by atoms with Crippen LogP contribution in [0.2, 0.25) is 0 Å². The lowest BCUT2D eigenvalue weighted by Crippen LogP contribution is -2.12. The molecule has 0 saturated heterocycles. The quantitative estimate of drug-likeness (QED) is 0.688. The number of thiazole rings is 1.